The molecule has 1 aliphatic rings. The van der Waals surface area contributed by atoms with Crippen LogP contribution in [-0.2, 0) is 16.6 Å². The molecule has 0 bridgehead atoms. The van der Waals surface area contributed by atoms with Gasteiger partial charge in [0.15, 0.2) is 5.75 Å². The molecular formula is C22H22Cl2N4O6S. The van der Waals surface area contributed by atoms with Crippen LogP contribution in [-0.4, -0.2) is 34.3 Å². The van der Waals surface area contributed by atoms with Crippen LogP contribution in [0.3, 0.4) is 0 Å². The lowest BCUT2D eigenvalue weighted by Crippen LogP contribution is -2.36. The molecule has 13 heteroatoms. The highest BCUT2D eigenvalue weighted by Gasteiger charge is 2.25. The number of nitrogens with one attached hydrogen (secondary N) is 2. The zero-order chi connectivity index (χ0) is 25.2. The first kappa shape index (κ1) is 25.4. The molecule has 1 aromatic heterocycles. The van der Waals surface area contributed by atoms with E-state index < -0.39 is 27.9 Å². The van der Waals surface area contributed by atoms with E-state index in [1.807, 2.05) is 0 Å². The van der Waals surface area contributed by atoms with Crippen LogP contribution in [0.25, 0.3) is 5.69 Å². The predicted octanol–water partition coefficient (Wildman–Crippen LogP) is 3.12. The van der Waals surface area contributed by atoms with Gasteiger partial charge in [0, 0.05) is 12.1 Å². The Morgan fingerprint density at radius 3 is 2.43 bits per heavy atom. The van der Waals surface area contributed by atoms with E-state index in [0.29, 0.717) is 0 Å². The maximum Gasteiger partial charge on any atom is 0.349 e. The maximum atomic E-state index is 13.1. The number of aliphatic hydroxyl groups is 1. The predicted molar refractivity (Wildman–Crippen MR) is 130 cm³/mol. The minimum Gasteiger partial charge on any atom is -0.454 e. The number of nitrogens with zero attached hydrogens (tertiary/aromatic N) is 2. The Labute approximate surface area is 210 Å². The summed E-state index contributed by atoms with van der Waals surface area (Å²) in [4.78, 5) is 25.3. The molecule has 35 heavy (non-hydrogen) atoms. The Hall–Kier alpha value is -2.70. The van der Waals surface area contributed by atoms with Crippen LogP contribution in [0.1, 0.15) is 37.7 Å². The number of H-pyrrole nitrogens is 1. The Balaban J connectivity index is 1.65. The van der Waals surface area contributed by atoms with E-state index in [4.69, 9.17) is 27.9 Å². The number of benzene rings is 2. The van der Waals surface area contributed by atoms with Gasteiger partial charge in [0.2, 0.25) is 10.0 Å². The maximum absolute atomic E-state index is 13.1. The fraction of sp³-hybridized carbons (Fsp3) is 0.318. The highest BCUT2D eigenvalue weighted by atomic mass is 35.5. The molecule has 3 aromatic rings. The summed E-state index contributed by atoms with van der Waals surface area (Å²) in [5.74, 6) is 0.150. The zero-order valence-electron chi connectivity index (χ0n) is 18.3. The van der Waals surface area contributed by atoms with Gasteiger partial charge in [-0.25, -0.2) is 17.9 Å². The number of hydrogen-bond acceptors (Lipinski definition) is 7. The lowest BCUT2D eigenvalue weighted by atomic mass is 9.96. The summed E-state index contributed by atoms with van der Waals surface area (Å²) in [5, 5.41) is 13.5. The van der Waals surface area contributed by atoms with E-state index in [-0.39, 0.29) is 43.7 Å². The minimum absolute atomic E-state index is 0.0170. The molecule has 0 spiro atoms. The smallest absolute Gasteiger partial charge is 0.349 e. The Morgan fingerprint density at radius 2 is 1.80 bits per heavy atom. The Morgan fingerprint density at radius 1 is 1.11 bits per heavy atom. The van der Waals surface area contributed by atoms with Crippen LogP contribution in [0.5, 0.6) is 11.5 Å². The first-order chi connectivity index (χ1) is 16.7. The van der Waals surface area contributed by atoms with Crippen molar-refractivity contribution in [2.75, 3.05) is 0 Å². The SMILES string of the molecule is O=c1cnn(-c2cc(Cl)c(Oc3ccc(CO)c(S(=O)(=O)NC4CCCCC4)c3)c(Cl)c2)c(=O)[nH]1. The fourth-order valence-electron chi connectivity index (χ4n) is 3.90. The third-order valence-corrected chi connectivity index (χ3v) is 7.75. The van der Waals surface area contributed by atoms with Gasteiger partial charge in [-0.15, -0.1) is 0 Å². The highest BCUT2D eigenvalue weighted by Crippen LogP contribution is 2.39. The summed E-state index contributed by atoms with van der Waals surface area (Å²) in [5.41, 5.74) is -1.03. The van der Waals surface area contributed by atoms with E-state index in [0.717, 1.165) is 43.0 Å². The molecule has 1 aliphatic carbocycles. The van der Waals surface area contributed by atoms with Crippen LogP contribution in [0.4, 0.5) is 0 Å². The first-order valence-electron chi connectivity index (χ1n) is 10.8. The van der Waals surface area contributed by atoms with Gasteiger partial charge in [-0.3, -0.25) is 9.78 Å². The molecule has 0 unspecified atom stereocenters. The van der Waals surface area contributed by atoms with Crippen LogP contribution in [0.2, 0.25) is 10.0 Å². The lowest BCUT2D eigenvalue weighted by molar-refractivity contribution is 0.278. The van der Waals surface area contributed by atoms with Gasteiger partial charge in [0.05, 0.1) is 27.2 Å². The lowest BCUT2D eigenvalue weighted by Gasteiger charge is -2.23. The molecule has 0 amide bonds. The molecule has 0 atom stereocenters. The van der Waals surface area contributed by atoms with Crippen molar-refractivity contribution in [2.45, 2.75) is 49.6 Å². The molecule has 0 radical (unpaired) electrons. The Bertz CT molecular complexity index is 1440. The zero-order valence-corrected chi connectivity index (χ0v) is 20.7. The summed E-state index contributed by atoms with van der Waals surface area (Å²) >= 11 is 12.7. The van der Waals surface area contributed by atoms with Gasteiger partial charge in [0.1, 0.15) is 11.9 Å². The largest absolute Gasteiger partial charge is 0.454 e. The van der Waals surface area contributed by atoms with E-state index in [2.05, 4.69) is 14.8 Å². The van der Waals surface area contributed by atoms with Gasteiger partial charge in [0.25, 0.3) is 5.56 Å². The molecule has 1 heterocycles. The Kier molecular flexibility index (Phi) is 7.62. The van der Waals surface area contributed by atoms with E-state index >= 15 is 0 Å². The van der Waals surface area contributed by atoms with Crippen molar-refractivity contribution in [1.82, 2.24) is 19.5 Å². The fourth-order valence-corrected chi connectivity index (χ4v) is 6.01. The molecule has 1 saturated carbocycles. The summed E-state index contributed by atoms with van der Waals surface area (Å²) < 4.78 is 35.6. The van der Waals surface area contributed by atoms with Crippen LogP contribution in [0, 0.1) is 0 Å². The number of hydrogen-bond donors (Lipinski definition) is 3. The van der Waals surface area contributed by atoms with Crippen molar-refractivity contribution in [3.05, 3.63) is 73.0 Å². The average molecular weight is 541 g/mol. The molecule has 10 nitrogen and oxygen atoms in total. The summed E-state index contributed by atoms with van der Waals surface area (Å²) in [6, 6.07) is 6.79. The second-order valence-corrected chi connectivity index (χ2v) is 10.6. The molecule has 2 aromatic carbocycles. The highest BCUT2D eigenvalue weighted by molar-refractivity contribution is 7.89. The van der Waals surface area contributed by atoms with E-state index in [1.54, 1.807) is 0 Å². The van der Waals surface area contributed by atoms with Crippen LogP contribution < -0.4 is 20.7 Å². The summed E-state index contributed by atoms with van der Waals surface area (Å²) in [7, 11) is -3.92. The van der Waals surface area contributed by atoms with Crippen LogP contribution in [0.15, 0.2) is 51.0 Å². The number of aliphatic hydroxyl groups excluding tert-OH is 1. The van der Waals surface area contributed by atoms with Gasteiger partial charge < -0.3 is 9.84 Å². The molecule has 1 fully saturated rings. The summed E-state index contributed by atoms with van der Waals surface area (Å²) in [6.07, 6.45) is 5.44. The first-order valence-corrected chi connectivity index (χ1v) is 13.0. The van der Waals surface area contributed by atoms with Crippen LogP contribution >= 0.6 is 23.2 Å². The number of halogens is 2. The summed E-state index contributed by atoms with van der Waals surface area (Å²) in [6.45, 7) is -0.474. The molecule has 186 valence electrons. The monoisotopic (exact) mass is 540 g/mol. The molecule has 4 rings (SSSR count). The molecule has 0 aliphatic heterocycles. The van der Waals surface area contributed by atoms with Gasteiger partial charge >= 0.3 is 5.69 Å². The molecule has 3 N–H and O–H groups in total. The number of sulfonamides is 1. The third kappa shape index (κ3) is 5.76. The van der Waals surface area contributed by atoms with Crippen molar-refractivity contribution in [3.63, 3.8) is 0 Å². The molecule has 0 saturated heterocycles. The van der Waals surface area contributed by atoms with Gasteiger partial charge in [-0.1, -0.05) is 48.5 Å². The van der Waals surface area contributed by atoms with Crippen molar-refractivity contribution in [3.8, 4) is 17.2 Å². The van der Waals surface area contributed by atoms with E-state index in [9.17, 15) is 23.1 Å². The standard InChI is InChI=1S/C22H22Cl2N4O6S/c23-17-8-15(28-22(31)26-20(30)11-25-28)9-18(24)21(17)34-16-7-6-13(12-29)19(10-16)35(32,33)27-14-4-2-1-3-5-14/h6-11,14,27,29H,1-5,12H2,(H,26,30,31). The third-order valence-electron chi connectivity index (χ3n) is 5.59. The quantitative estimate of drug-likeness (QED) is 0.417. The number of ether oxygens (including phenoxy) is 1. The normalized spacial score (nSPS) is 14.7. The average Bonchev–Trinajstić information content (AvgIpc) is 2.81. The van der Waals surface area contributed by atoms with Crippen molar-refractivity contribution < 1.29 is 18.3 Å². The number of rotatable bonds is 7. The minimum atomic E-state index is -3.92. The van der Waals surface area contributed by atoms with Crippen molar-refractivity contribution >= 4 is 33.2 Å². The molecular weight excluding hydrogens is 519 g/mol. The second-order valence-electron chi connectivity index (χ2n) is 8.08. The van der Waals surface area contributed by atoms with Crippen molar-refractivity contribution in [2.24, 2.45) is 0 Å². The van der Waals surface area contributed by atoms with Gasteiger partial charge in [-0.05, 0) is 36.6 Å². The topological polar surface area (TPSA) is 143 Å². The number of aromatic amines is 1. The second kappa shape index (κ2) is 10.5. The van der Waals surface area contributed by atoms with E-state index in [1.165, 1.54) is 30.3 Å². The number of aromatic nitrogens is 3. The van der Waals surface area contributed by atoms with Crippen molar-refractivity contribution in [1.29, 1.82) is 0 Å². The van der Waals surface area contributed by atoms with Gasteiger partial charge in [-0.2, -0.15) is 9.78 Å².